The van der Waals surface area contributed by atoms with Gasteiger partial charge in [-0.15, -0.1) is 0 Å². The minimum Gasteiger partial charge on any atom is -0.481 e. The molecule has 2 N–H and O–H groups in total. The number of hydrogen-bond donors (Lipinski definition) is 2. The average Bonchev–Trinajstić information content (AvgIpc) is 2.65. The molecule has 76 valence electrons. The molecular weight excluding hydrogens is 190 g/mol. The Morgan fingerprint density at radius 2 is 2.33 bits per heavy atom. The predicted octanol–water partition coefficient (Wildman–Crippen LogP) is 2.28. The number of benzene rings is 1. The van der Waals surface area contributed by atoms with Crippen molar-refractivity contribution in [3.63, 3.8) is 0 Å². The number of carboxylic acids is 1. The summed E-state index contributed by atoms with van der Waals surface area (Å²) in [6.45, 7) is 0. The third-order valence-corrected chi connectivity index (χ3v) is 3.20. The zero-order valence-corrected chi connectivity index (χ0v) is 8.16. The molecule has 0 radical (unpaired) electrons. The van der Waals surface area contributed by atoms with Gasteiger partial charge < -0.3 is 10.1 Å². The van der Waals surface area contributed by atoms with Gasteiger partial charge in [0.1, 0.15) is 0 Å². The summed E-state index contributed by atoms with van der Waals surface area (Å²) < 4.78 is 0. The van der Waals surface area contributed by atoms with Crippen molar-refractivity contribution in [3.8, 4) is 0 Å². The third-order valence-electron chi connectivity index (χ3n) is 3.20. The summed E-state index contributed by atoms with van der Waals surface area (Å²) in [7, 11) is 0. The second-order valence-corrected chi connectivity index (χ2v) is 4.01. The maximum Gasteiger partial charge on any atom is 0.311 e. The molecule has 3 rings (SSSR count). The number of aryl methyl sites for hydroxylation is 1. The fraction of sp³-hybridized carbons (Fsp3) is 0.250. The van der Waals surface area contributed by atoms with E-state index in [1.54, 1.807) is 0 Å². The first kappa shape index (κ1) is 8.53. The standard InChI is InChI=1S/C12H11NO2/c14-12(15)8-5-4-7-2-1-3-10-11(7)9(8)6-13-10/h1-3,6,8,13H,4-5H2,(H,14,15)/t8-/m1/s1. The van der Waals surface area contributed by atoms with Gasteiger partial charge in [-0.25, -0.2) is 0 Å². The fourth-order valence-electron chi connectivity index (χ4n) is 2.48. The Morgan fingerprint density at radius 1 is 1.47 bits per heavy atom. The van der Waals surface area contributed by atoms with Crippen LogP contribution in [0.1, 0.15) is 23.5 Å². The van der Waals surface area contributed by atoms with Crippen molar-refractivity contribution < 1.29 is 9.90 Å². The maximum absolute atomic E-state index is 11.1. The van der Waals surface area contributed by atoms with Crippen LogP contribution in [-0.2, 0) is 11.2 Å². The summed E-state index contributed by atoms with van der Waals surface area (Å²) in [5.41, 5.74) is 3.26. The van der Waals surface area contributed by atoms with Crippen LogP contribution in [0.25, 0.3) is 10.9 Å². The molecule has 0 amide bonds. The van der Waals surface area contributed by atoms with E-state index in [9.17, 15) is 4.79 Å². The van der Waals surface area contributed by atoms with Crippen LogP contribution in [0.5, 0.6) is 0 Å². The molecule has 3 nitrogen and oxygen atoms in total. The van der Waals surface area contributed by atoms with Gasteiger partial charge in [0.05, 0.1) is 5.92 Å². The molecule has 0 saturated carbocycles. The second kappa shape index (κ2) is 2.86. The van der Waals surface area contributed by atoms with Crippen LogP contribution in [0.4, 0.5) is 0 Å². The molecule has 1 aromatic heterocycles. The molecule has 3 heteroatoms. The van der Waals surface area contributed by atoms with Crippen LogP contribution < -0.4 is 0 Å². The van der Waals surface area contributed by atoms with Gasteiger partial charge in [-0.3, -0.25) is 4.79 Å². The summed E-state index contributed by atoms with van der Waals surface area (Å²) in [6.07, 6.45) is 3.41. The molecule has 1 heterocycles. The lowest BCUT2D eigenvalue weighted by Gasteiger charge is -2.18. The van der Waals surface area contributed by atoms with Crippen molar-refractivity contribution >= 4 is 16.9 Å². The Kier molecular flexibility index (Phi) is 1.63. The normalized spacial score (nSPS) is 19.3. The summed E-state index contributed by atoms with van der Waals surface area (Å²) in [5, 5.41) is 10.2. The first-order chi connectivity index (χ1) is 7.27. The lowest BCUT2D eigenvalue weighted by atomic mass is 9.84. The number of carbonyl (C=O) groups is 1. The number of aromatic nitrogens is 1. The van der Waals surface area contributed by atoms with E-state index >= 15 is 0 Å². The number of aliphatic carboxylic acids is 1. The number of hydrogen-bond acceptors (Lipinski definition) is 1. The molecule has 1 atom stereocenters. The Balaban J connectivity index is 2.31. The van der Waals surface area contributed by atoms with Crippen molar-refractivity contribution in [3.05, 3.63) is 35.5 Å². The smallest absolute Gasteiger partial charge is 0.311 e. The molecule has 0 fully saturated rings. The molecule has 1 aliphatic rings. The molecule has 1 aromatic carbocycles. The Labute approximate surface area is 86.7 Å². The highest BCUT2D eigenvalue weighted by Crippen LogP contribution is 2.36. The van der Waals surface area contributed by atoms with Gasteiger partial charge in [-0.05, 0) is 30.0 Å². The minimum atomic E-state index is -0.717. The van der Waals surface area contributed by atoms with Crippen LogP contribution in [0.15, 0.2) is 24.4 Å². The zero-order chi connectivity index (χ0) is 10.4. The van der Waals surface area contributed by atoms with Gasteiger partial charge in [-0.1, -0.05) is 12.1 Å². The number of rotatable bonds is 1. The minimum absolute atomic E-state index is 0.339. The van der Waals surface area contributed by atoms with Crippen LogP contribution in [0.2, 0.25) is 0 Å². The quantitative estimate of drug-likeness (QED) is 0.743. The highest BCUT2D eigenvalue weighted by Gasteiger charge is 2.27. The largest absolute Gasteiger partial charge is 0.481 e. The van der Waals surface area contributed by atoms with E-state index in [-0.39, 0.29) is 5.92 Å². The molecule has 1 aliphatic carbocycles. The van der Waals surface area contributed by atoms with Gasteiger partial charge in [0.2, 0.25) is 0 Å². The zero-order valence-electron chi connectivity index (χ0n) is 8.16. The topological polar surface area (TPSA) is 53.1 Å². The summed E-state index contributed by atoms with van der Waals surface area (Å²) in [5.74, 6) is -1.06. The maximum atomic E-state index is 11.1. The molecule has 0 saturated heterocycles. The highest BCUT2D eigenvalue weighted by atomic mass is 16.4. The second-order valence-electron chi connectivity index (χ2n) is 4.01. The van der Waals surface area contributed by atoms with Crippen molar-refractivity contribution in [2.45, 2.75) is 18.8 Å². The van der Waals surface area contributed by atoms with Crippen molar-refractivity contribution in [2.75, 3.05) is 0 Å². The van der Waals surface area contributed by atoms with Crippen molar-refractivity contribution in [1.29, 1.82) is 0 Å². The predicted molar refractivity (Wildman–Crippen MR) is 57.0 cm³/mol. The number of aromatic amines is 1. The van der Waals surface area contributed by atoms with E-state index in [2.05, 4.69) is 11.1 Å². The third kappa shape index (κ3) is 1.09. The van der Waals surface area contributed by atoms with Gasteiger partial charge in [0.15, 0.2) is 0 Å². The van der Waals surface area contributed by atoms with Gasteiger partial charge in [0.25, 0.3) is 0 Å². The lowest BCUT2D eigenvalue weighted by molar-refractivity contribution is -0.139. The fourth-order valence-corrected chi connectivity index (χ4v) is 2.48. The van der Waals surface area contributed by atoms with Crippen LogP contribution >= 0.6 is 0 Å². The monoisotopic (exact) mass is 201 g/mol. The van der Waals surface area contributed by atoms with E-state index in [1.807, 2.05) is 18.3 Å². The van der Waals surface area contributed by atoms with Crippen molar-refractivity contribution in [1.82, 2.24) is 4.98 Å². The first-order valence-corrected chi connectivity index (χ1v) is 5.09. The van der Waals surface area contributed by atoms with E-state index < -0.39 is 5.97 Å². The summed E-state index contributed by atoms with van der Waals surface area (Å²) in [4.78, 5) is 14.2. The molecular formula is C12H11NO2. The van der Waals surface area contributed by atoms with E-state index in [4.69, 9.17) is 5.11 Å². The van der Waals surface area contributed by atoms with E-state index in [0.29, 0.717) is 6.42 Å². The Hall–Kier alpha value is -1.77. The first-order valence-electron chi connectivity index (χ1n) is 5.09. The molecule has 0 aliphatic heterocycles. The number of H-pyrrole nitrogens is 1. The summed E-state index contributed by atoms with van der Waals surface area (Å²) in [6, 6.07) is 6.09. The highest BCUT2D eigenvalue weighted by molar-refractivity contribution is 5.92. The molecule has 2 aromatic rings. The van der Waals surface area contributed by atoms with Crippen LogP contribution in [0, 0.1) is 0 Å². The van der Waals surface area contributed by atoms with E-state index in [1.165, 1.54) is 5.56 Å². The van der Waals surface area contributed by atoms with E-state index in [0.717, 1.165) is 22.9 Å². The lowest BCUT2D eigenvalue weighted by Crippen LogP contribution is -2.15. The molecule has 0 spiro atoms. The number of nitrogens with one attached hydrogen (secondary N) is 1. The molecule has 0 bridgehead atoms. The van der Waals surface area contributed by atoms with Gasteiger partial charge >= 0.3 is 5.97 Å². The molecule has 15 heavy (non-hydrogen) atoms. The van der Waals surface area contributed by atoms with Crippen LogP contribution in [-0.4, -0.2) is 16.1 Å². The molecule has 0 unspecified atom stereocenters. The van der Waals surface area contributed by atoms with Gasteiger partial charge in [0, 0.05) is 17.1 Å². The van der Waals surface area contributed by atoms with Crippen molar-refractivity contribution in [2.24, 2.45) is 0 Å². The summed E-state index contributed by atoms with van der Waals surface area (Å²) >= 11 is 0. The SMILES string of the molecule is O=C(O)[C@@H]1CCc2cccc3[nH]cc1c23. The average molecular weight is 201 g/mol. The van der Waals surface area contributed by atoms with Gasteiger partial charge in [-0.2, -0.15) is 0 Å². The number of carboxylic acid groups (broad SMARTS) is 1. The van der Waals surface area contributed by atoms with Crippen LogP contribution in [0.3, 0.4) is 0 Å². The Bertz CT molecular complexity index is 542. The Morgan fingerprint density at radius 3 is 3.13 bits per heavy atom.